The van der Waals surface area contributed by atoms with Gasteiger partial charge in [0.15, 0.2) is 0 Å². The highest BCUT2D eigenvalue weighted by molar-refractivity contribution is 7.23. The number of nitrogens with zero attached hydrogens (tertiary/aromatic N) is 2. The zero-order valence-corrected chi connectivity index (χ0v) is 25.3. The Balaban J connectivity index is 1.17. The molecule has 0 aliphatic rings. The Morgan fingerprint density at radius 3 is 1.39 bits per heavy atom. The van der Waals surface area contributed by atoms with Gasteiger partial charge >= 0.3 is 0 Å². The molecule has 0 fully saturated rings. The Kier molecular flexibility index (Phi) is 4.70. The minimum atomic E-state index is 0.995. The smallest absolute Gasteiger partial charge is 0.113 e. The van der Waals surface area contributed by atoms with Gasteiger partial charge in [0.1, 0.15) is 11.0 Å². The third-order valence-corrected chi connectivity index (χ3v) is 12.8. The lowest BCUT2D eigenvalue weighted by Crippen LogP contribution is -1.85. The SMILES string of the molecule is c1cc2c(ccc3sc(-c4ccc5c6ccc(-c7cc8c(ccc9sccc98)s7)cc6c6nsnc6c5c4)cc32)s1. The minimum Gasteiger partial charge on any atom is -0.172 e. The minimum absolute atomic E-state index is 0.995. The van der Waals surface area contributed by atoms with Gasteiger partial charge in [-0.25, -0.2) is 0 Å². The zero-order chi connectivity index (χ0) is 26.7. The van der Waals surface area contributed by atoms with Crippen LogP contribution in [0.15, 0.2) is 95.7 Å². The average Bonchev–Trinajstić information content (AvgIpc) is 3.83. The molecule has 0 unspecified atom stereocenters. The van der Waals surface area contributed by atoms with Crippen LogP contribution in [0.25, 0.3) is 93.8 Å². The highest BCUT2D eigenvalue weighted by Gasteiger charge is 2.16. The summed E-state index contributed by atoms with van der Waals surface area (Å²) in [7, 11) is 0. The first kappa shape index (κ1) is 22.9. The van der Waals surface area contributed by atoms with E-state index in [0.29, 0.717) is 0 Å². The molecule has 5 aromatic carbocycles. The lowest BCUT2D eigenvalue weighted by atomic mass is 9.96. The number of fused-ring (bicyclic) bond motifs is 12. The molecule has 0 N–H and O–H groups in total. The maximum Gasteiger partial charge on any atom is 0.113 e. The molecule has 7 heteroatoms. The van der Waals surface area contributed by atoms with E-state index in [1.807, 2.05) is 22.7 Å². The zero-order valence-electron chi connectivity index (χ0n) is 21.2. The molecule has 41 heavy (non-hydrogen) atoms. The van der Waals surface area contributed by atoms with Crippen LogP contribution < -0.4 is 0 Å². The molecule has 0 saturated carbocycles. The molecule has 0 bridgehead atoms. The van der Waals surface area contributed by atoms with Crippen molar-refractivity contribution in [1.29, 1.82) is 0 Å². The first-order valence-electron chi connectivity index (χ1n) is 13.2. The van der Waals surface area contributed by atoms with Gasteiger partial charge < -0.3 is 0 Å². The van der Waals surface area contributed by atoms with E-state index in [9.17, 15) is 0 Å². The summed E-state index contributed by atoms with van der Waals surface area (Å²) in [5.74, 6) is 0. The fraction of sp³-hybridized carbons (Fsp3) is 0. The van der Waals surface area contributed by atoms with E-state index in [4.69, 9.17) is 8.75 Å². The van der Waals surface area contributed by atoms with E-state index < -0.39 is 0 Å². The molecule has 5 aromatic heterocycles. The number of rotatable bonds is 2. The average molecular weight is 613 g/mol. The summed E-state index contributed by atoms with van der Waals surface area (Å²) < 4.78 is 15.0. The second-order valence-corrected chi connectivity index (χ2v) is 14.9. The molecule has 5 heterocycles. The van der Waals surface area contributed by atoms with E-state index in [0.717, 1.165) is 11.0 Å². The summed E-state index contributed by atoms with van der Waals surface area (Å²) in [6.07, 6.45) is 0. The van der Waals surface area contributed by atoms with Crippen molar-refractivity contribution in [3.8, 4) is 20.9 Å². The predicted octanol–water partition coefficient (Wildman–Crippen LogP) is 12.2. The van der Waals surface area contributed by atoms with Gasteiger partial charge in [-0.1, -0.05) is 24.3 Å². The van der Waals surface area contributed by atoms with Crippen molar-refractivity contribution in [3.05, 3.63) is 95.7 Å². The number of hydrogen-bond donors (Lipinski definition) is 0. The van der Waals surface area contributed by atoms with Crippen LogP contribution in [0, 0.1) is 0 Å². The molecule has 0 aliphatic heterocycles. The van der Waals surface area contributed by atoms with Gasteiger partial charge in [0.2, 0.25) is 0 Å². The van der Waals surface area contributed by atoms with E-state index in [1.54, 1.807) is 22.7 Å². The van der Waals surface area contributed by atoms with Crippen molar-refractivity contribution in [1.82, 2.24) is 8.75 Å². The number of benzene rings is 5. The first-order valence-corrected chi connectivity index (χ1v) is 17.3. The molecule has 192 valence electrons. The van der Waals surface area contributed by atoms with E-state index >= 15 is 0 Å². The standard InChI is InChI=1S/C34H16N2S5/c1-3-19-20-4-2-18(32-16-24-22-10-12-38-28(22)6-8-30(24)40-32)14-26(20)34-33(35-41-36-34)25(19)13-17(1)31-15-23-21-9-11-37-27(21)5-7-29(23)39-31/h1-16H. The van der Waals surface area contributed by atoms with Crippen molar-refractivity contribution < 1.29 is 0 Å². The molecule has 0 atom stereocenters. The van der Waals surface area contributed by atoms with Gasteiger partial charge in [0, 0.05) is 60.9 Å². The van der Waals surface area contributed by atoms with Crippen LogP contribution in [0.4, 0.5) is 0 Å². The third kappa shape index (κ3) is 3.26. The molecule has 10 rings (SSSR count). The Morgan fingerprint density at radius 2 is 0.878 bits per heavy atom. The van der Waals surface area contributed by atoms with Gasteiger partial charge in [-0.05, 0) is 93.3 Å². The van der Waals surface area contributed by atoms with Gasteiger partial charge in [0.25, 0.3) is 0 Å². The van der Waals surface area contributed by atoms with Crippen LogP contribution >= 0.6 is 57.1 Å². The van der Waals surface area contributed by atoms with Gasteiger partial charge in [0.05, 0.1) is 11.7 Å². The Hall–Kier alpha value is -3.72. The molecule has 10 aromatic rings. The number of hydrogen-bond acceptors (Lipinski definition) is 7. The molecule has 0 aliphatic carbocycles. The summed E-state index contributed by atoms with van der Waals surface area (Å²) in [6.45, 7) is 0. The number of aromatic nitrogens is 2. The first-order chi connectivity index (χ1) is 20.3. The largest absolute Gasteiger partial charge is 0.172 e. The normalized spacial score (nSPS) is 12.4. The summed E-state index contributed by atoms with van der Waals surface area (Å²) in [4.78, 5) is 2.58. The predicted molar refractivity (Wildman–Crippen MR) is 185 cm³/mol. The Bertz CT molecular complexity index is 2480. The summed E-state index contributed by atoms with van der Waals surface area (Å²) in [5, 5.41) is 14.6. The van der Waals surface area contributed by atoms with Crippen molar-refractivity contribution in [2.45, 2.75) is 0 Å². The van der Waals surface area contributed by atoms with E-state index in [1.165, 1.54) is 94.5 Å². The lowest BCUT2D eigenvalue weighted by molar-refractivity contribution is 1.69. The maximum atomic E-state index is 4.81. The van der Waals surface area contributed by atoms with Crippen molar-refractivity contribution in [3.63, 3.8) is 0 Å². The topological polar surface area (TPSA) is 25.8 Å². The van der Waals surface area contributed by atoms with Crippen molar-refractivity contribution in [2.75, 3.05) is 0 Å². The summed E-state index contributed by atoms with van der Waals surface area (Å²) in [5.41, 5.74) is 4.46. The maximum absolute atomic E-state index is 4.81. The van der Waals surface area contributed by atoms with E-state index in [2.05, 4.69) is 95.7 Å². The van der Waals surface area contributed by atoms with Crippen LogP contribution in [-0.4, -0.2) is 8.75 Å². The molecule has 2 nitrogen and oxygen atoms in total. The number of thiophene rings is 4. The molecular formula is C34H16N2S5. The monoisotopic (exact) mass is 612 g/mol. The highest BCUT2D eigenvalue weighted by Crippen LogP contribution is 2.44. The second kappa shape index (κ2) is 8.41. The van der Waals surface area contributed by atoms with Crippen LogP contribution in [0.5, 0.6) is 0 Å². The Morgan fingerprint density at radius 1 is 0.390 bits per heavy atom. The van der Waals surface area contributed by atoms with Crippen LogP contribution in [0.3, 0.4) is 0 Å². The highest BCUT2D eigenvalue weighted by atomic mass is 32.1. The van der Waals surface area contributed by atoms with Crippen LogP contribution in [0.2, 0.25) is 0 Å². The van der Waals surface area contributed by atoms with Crippen molar-refractivity contribution >= 4 is 130 Å². The molecule has 0 amide bonds. The fourth-order valence-corrected chi connectivity index (χ4v) is 10.5. The Labute approximate surface area is 253 Å². The molecular weight excluding hydrogens is 597 g/mol. The van der Waals surface area contributed by atoms with Crippen LogP contribution in [-0.2, 0) is 0 Å². The van der Waals surface area contributed by atoms with Gasteiger partial charge in [-0.2, -0.15) is 8.75 Å². The van der Waals surface area contributed by atoms with Crippen LogP contribution in [0.1, 0.15) is 0 Å². The summed E-state index contributed by atoms with van der Waals surface area (Å²) in [6, 6.07) is 32.0. The molecule has 0 radical (unpaired) electrons. The van der Waals surface area contributed by atoms with Gasteiger partial charge in [-0.15, -0.1) is 45.3 Å². The third-order valence-electron chi connectivity index (χ3n) is 8.16. The quantitative estimate of drug-likeness (QED) is 0.182. The van der Waals surface area contributed by atoms with Crippen molar-refractivity contribution in [2.24, 2.45) is 0 Å². The van der Waals surface area contributed by atoms with E-state index in [-0.39, 0.29) is 0 Å². The summed E-state index contributed by atoms with van der Waals surface area (Å²) >= 11 is 8.64. The molecule has 0 spiro atoms. The van der Waals surface area contributed by atoms with Gasteiger partial charge in [-0.3, -0.25) is 0 Å². The second-order valence-electron chi connectivity index (χ2n) is 10.3. The lowest BCUT2D eigenvalue weighted by Gasteiger charge is -2.09. The fourth-order valence-electron chi connectivity index (χ4n) is 6.21. The molecule has 0 saturated heterocycles.